The number of fused-ring (bicyclic) bond motifs is 1. The van der Waals surface area contributed by atoms with Gasteiger partial charge in [0.25, 0.3) is 0 Å². The van der Waals surface area contributed by atoms with Crippen molar-refractivity contribution in [1.29, 1.82) is 0 Å². The SMILES string of the molecule is Ic1[nH]nc2nc(N3CCC4(CC3)CC4)cnc12. The first-order valence-electron chi connectivity index (χ1n) is 6.37. The van der Waals surface area contributed by atoms with Gasteiger partial charge in [-0.3, -0.25) is 5.10 Å². The Morgan fingerprint density at radius 1 is 1.22 bits per heavy atom. The molecule has 2 fully saturated rings. The summed E-state index contributed by atoms with van der Waals surface area (Å²) in [5.41, 5.74) is 2.30. The fraction of sp³-hybridized carbons (Fsp3) is 0.583. The summed E-state index contributed by atoms with van der Waals surface area (Å²) < 4.78 is 0.956. The van der Waals surface area contributed by atoms with Gasteiger partial charge in [-0.1, -0.05) is 0 Å². The molecule has 4 rings (SSSR count). The van der Waals surface area contributed by atoms with Gasteiger partial charge in [0.05, 0.1) is 6.20 Å². The molecule has 0 bridgehead atoms. The minimum absolute atomic E-state index is 0.704. The Balaban J connectivity index is 1.62. The van der Waals surface area contributed by atoms with Crippen LogP contribution < -0.4 is 4.90 Å². The van der Waals surface area contributed by atoms with Gasteiger partial charge in [0.15, 0.2) is 0 Å². The van der Waals surface area contributed by atoms with Crippen molar-refractivity contribution in [2.45, 2.75) is 25.7 Å². The lowest BCUT2D eigenvalue weighted by Gasteiger charge is -2.32. The van der Waals surface area contributed by atoms with Crippen LogP contribution in [0.1, 0.15) is 25.7 Å². The lowest BCUT2D eigenvalue weighted by Crippen LogP contribution is -2.35. The van der Waals surface area contributed by atoms with Crippen LogP contribution >= 0.6 is 22.6 Å². The number of hydrogen-bond donors (Lipinski definition) is 1. The first kappa shape index (κ1) is 11.0. The van der Waals surface area contributed by atoms with Gasteiger partial charge in [-0.2, -0.15) is 5.10 Å². The second-order valence-corrected chi connectivity index (χ2v) is 6.50. The zero-order valence-corrected chi connectivity index (χ0v) is 12.1. The third-order valence-corrected chi connectivity index (χ3v) is 5.07. The molecule has 1 spiro atoms. The number of anilines is 1. The topological polar surface area (TPSA) is 57.7 Å². The molecule has 3 heterocycles. The van der Waals surface area contributed by atoms with E-state index in [1.54, 1.807) is 0 Å². The van der Waals surface area contributed by atoms with E-state index in [-0.39, 0.29) is 0 Å². The molecule has 5 nitrogen and oxygen atoms in total. The molecule has 0 aromatic carbocycles. The highest BCUT2D eigenvalue weighted by atomic mass is 127. The number of halogens is 1. The predicted molar refractivity (Wildman–Crippen MR) is 77.5 cm³/mol. The van der Waals surface area contributed by atoms with Crippen LogP contribution in [0.4, 0.5) is 5.82 Å². The fourth-order valence-corrected chi connectivity index (χ4v) is 3.30. The van der Waals surface area contributed by atoms with Crippen LogP contribution in [0.25, 0.3) is 11.2 Å². The van der Waals surface area contributed by atoms with Crippen LogP contribution in [0.5, 0.6) is 0 Å². The number of aromatic amines is 1. The lowest BCUT2D eigenvalue weighted by molar-refractivity contribution is 0.383. The molecule has 1 saturated heterocycles. The number of rotatable bonds is 1. The second-order valence-electron chi connectivity index (χ2n) is 5.43. The Morgan fingerprint density at radius 3 is 2.72 bits per heavy atom. The van der Waals surface area contributed by atoms with E-state index in [0.717, 1.165) is 33.8 Å². The highest BCUT2D eigenvalue weighted by molar-refractivity contribution is 14.1. The van der Waals surface area contributed by atoms with E-state index < -0.39 is 0 Å². The van der Waals surface area contributed by atoms with Gasteiger partial charge in [0.1, 0.15) is 15.0 Å². The summed E-state index contributed by atoms with van der Waals surface area (Å²) in [6.45, 7) is 2.23. The Bertz CT molecular complexity index is 594. The molecule has 2 aromatic rings. The summed E-state index contributed by atoms with van der Waals surface area (Å²) in [7, 11) is 0. The number of nitrogens with one attached hydrogen (secondary N) is 1. The van der Waals surface area contributed by atoms with Crippen molar-refractivity contribution in [3.8, 4) is 0 Å². The van der Waals surface area contributed by atoms with Gasteiger partial charge in [-0.25, -0.2) is 9.97 Å². The Labute approximate surface area is 119 Å². The van der Waals surface area contributed by atoms with E-state index in [1.807, 2.05) is 6.20 Å². The van der Waals surface area contributed by atoms with E-state index in [0.29, 0.717) is 5.41 Å². The number of nitrogens with zero attached hydrogens (tertiary/aromatic N) is 4. The van der Waals surface area contributed by atoms with E-state index in [4.69, 9.17) is 0 Å². The lowest BCUT2D eigenvalue weighted by atomic mass is 9.94. The molecule has 6 heteroatoms. The highest BCUT2D eigenvalue weighted by Gasteiger charge is 2.44. The summed E-state index contributed by atoms with van der Waals surface area (Å²) in [5.74, 6) is 0.973. The van der Waals surface area contributed by atoms with Gasteiger partial charge in [-0.05, 0) is 53.7 Å². The van der Waals surface area contributed by atoms with Crippen molar-refractivity contribution in [1.82, 2.24) is 20.2 Å². The third kappa shape index (κ3) is 1.69. The van der Waals surface area contributed by atoms with Crippen LogP contribution in [0.3, 0.4) is 0 Å². The highest BCUT2D eigenvalue weighted by Crippen LogP contribution is 2.53. The molecular formula is C12H14IN5. The summed E-state index contributed by atoms with van der Waals surface area (Å²) in [6, 6.07) is 0. The second kappa shape index (κ2) is 3.79. The molecule has 2 aliphatic rings. The Morgan fingerprint density at radius 2 is 2.00 bits per heavy atom. The standard InChI is InChI=1S/C12H14IN5/c13-10-9-11(17-16-10)15-8(7-14-9)18-5-3-12(1-2-12)4-6-18/h7H,1-6H2,(H,15,16,17). The Kier molecular flexibility index (Phi) is 2.30. The molecular weight excluding hydrogens is 341 g/mol. The number of hydrogen-bond acceptors (Lipinski definition) is 4. The van der Waals surface area contributed by atoms with Crippen molar-refractivity contribution >= 4 is 39.6 Å². The maximum Gasteiger partial charge on any atom is 0.202 e. The number of H-pyrrole nitrogens is 1. The molecule has 0 unspecified atom stereocenters. The van der Waals surface area contributed by atoms with Crippen LogP contribution in [0.2, 0.25) is 0 Å². The third-order valence-electron chi connectivity index (χ3n) is 4.31. The monoisotopic (exact) mass is 355 g/mol. The van der Waals surface area contributed by atoms with Crippen molar-refractivity contribution in [2.24, 2.45) is 5.41 Å². The van der Waals surface area contributed by atoms with E-state index in [2.05, 4.69) is 47.7 Å². The number of piperidine rings is 1. The maximum absolute atomic E-state index is 4.60. The Hall–Kier alpha value is -0.920. The summed E-state index contributed by atoms with van der Waals surface area (Å²) >= 11 is 2.20. The summed E-state index contributed by atoms with van der Waals surface area (Å²) in [4.78, 5) is 11.4. The average Bonchev–Trinajstić information content (AvgIpc) is 3.06. The molecule has 0 amide bonds. The minimum atomic E-state index is 0.704. The summed E-state index contributed by atoms with van der Waals surface area (Å²) in [5, 5.41) is 7.10. The summed E-state index contributed by atoms with van der Waals surface area (Å²) in [6.07, 6.45) is 7.37. The maximum atomic E-state index is 4.60. The van der Waals surface area contributed by atoms with Gasteiger partial charge >= 0.3 is 0 Å². The first-order chi connectivity index (χ1) is 8.76. The minimum Gasteiger partial charge on any atom is -0.355 e. The molecule has 1 N–H and O–H groups in total. The average molecular weight is 355 g/mol. The molecule has 1 saturated carbocycles. The largest absolute Gasteiger partial charge is 0.355 e. The quantitative estimate of drug-likeness (QED) is 0.798. The van der Waals surface area contributed by atoms with Gasteiger partial charge in [0.2, 0.25) is 5.65 Å². The van der Waals surface area contributed by atoms with Crippen molar-refractivity contribution in [3.63, 3.8) is 0 Å². The molecule has 2 aromatic heterocycles. The van der Waals surface area contributed by atoms with Crippen LogP contribution in [0.15, 0.2) is 6.20 Å². The van der Waals surface area contributed by atoms with Crippen molar-refractivity contribution in [2.75, 3.05) is 18.0 Å². The fourth-order valence-electron chi connectivity index (χ4n) is 2.80. The van der Waals surface area contributed by atoms with E-state index in [1.165, 1.54) is 25.7 Å². The van der Waals surface area contributed by atoms with Crippen LogP contribution in [0, 0.1) is 9.12 Å². The number of aromatic nitrogens is 4. The molecule has 1 aliphatic heterocycles. The molecule has 1 aliphatic carbocycles. The molecule has 0 atom stereocenters. The van der Waals surface area contributed by atoms with Crippen molar-refractivity contribution in [3.05, 3.63) is 9.90 Å². The molecule has 18 heavy (non-hydrogen) atoms. The van der Waals surface area contributed by atoms with Gasteiger partial charge in [-0.15, -0.1) is 0 Å². The van der Waals surface area contributed by atoms with E-state index >= 15 is 0 Å². The smallest absolute Gasteiger partial charge is 0.202 e. The zero-order chi connectivity index (χ0) is 12.2. The normalized spacial score (nSPS) is 21.7. The molecule has 0 radical (unpaired) electrons. The van der Waals surface area contributed by atoms with Crippen LogP contribution in [-0.2, 0) is 0 Å². The predicted octanol–water partition coefficient (Wildman–Crippen LogP) is 2.34. The van der Waals surface area contributed by atoms with Crippen LogP contribution in [-0.4, -0.2) is 33.3 Å². The van der Waals surface area contributed by atoms with Gasteiger partial charge < -0.3 is 4.90 Å². The first-order valence-corrected chi connectivity index (χ1v) is 7.45. The zero-order valence-electron chi connectivity index (χ0n) is 9.99. The van der Waals surface area contributed by atoms with E-state index in [9.17, 15) is 0 Å². The molecule has 94 valence electrons. The van der Waals surface area contributed by atoms with Gasteiger partial charge in [0, 0.05) is 13.1 Å². The van der Waals surface area contributed by atoms with Crippen molar-refractivity contribution < 1.29 is 0 Å².